The normalized spacial score (nSPS) is 11.0. The Labute approximate surface area is 349 Å². The van der Waals surface area contributed by atoms with Gasteiger partial charge in [0.15, 0.2) is 23.3 Å². The highest BCUT2D eigenvalue weighted by atomic mass is 15.0. The fourth-order valence-electron chi connectivity index (χ4n) is 7.41. The molecule has 0 aliphatic carbocycles. The molecule has 0 saturated carbocycles. The third-order valence-electron chi connectivity index (χ3n) is 10.6. The van der Waals surface area contributed by atoms with Crippen molar-refractivity contribution in [2.24, 2.45) is 0 Å². The Bertz CT molecular complexity index is 2990. The van der Waals surface area contributed by atoms with Gasteiger partial charge >= 0.3 is 0 Å². The molecule has 10 rings (SSSR count). The number of hydrogen-bond donors (Lipinski definition) is 0. The molecule has 2 heterocycles. The summed E-state index contributed by atoms with van der Waals surface area (Å²) in [5, 5.41) is 0. The summed E-state index contributed by atoms with van der Waals surface area (Å²) in [4.78, 5) is 25.0. The van der Waals surface area contributed by atoms with E-state index in [4.69, 9.17) is 24.9 Å². The van der Waals surface area contributed by atoms with Crippen LogP contribution in [0, 0.1) is 0 Å². The molecule has 5 heteroatoms. The van der Waals surface area contributed by atoms with Gasteiger partial charge in [0.2, 0.25) is 0 Å². The van der Waals surface area contributed by atoms with Crippen LogP contribution in [0.3, 0.4) is 0 Å². The van der Waals surface area contributed by atoms with Crippen LogP contribution < -0.4 is 0 Å². The van der Waals surface area contributed by atoms with Crippen molar-refractivity contribution in [3.8, 4) is 101 Å². The van der Waals surface area contributed by atoms with Crippen LogP contribution >= 0.6 is 0 Å². The molecule has 0 spiro atoms. The number of aromatic nitrogens is 5. The zero-order valence-electron chi connectivity index (χ0n) is 32.6. The Kier molecular flexibility index (Phi) is 9.88. The fourth-order valence-corrected chi connectivity index (χ4v) is 7.41. The van der Waals surface area contributed by atoms with Gasteiger partial charge in [-0.25, -0.2) is 24.9 Å². The Balaban J connectivity index is 0.975. The smallest absolute Gasteiger partial charge is 0.164 e. The van der Waals surface area contributed by atoms with Gasteiger partial charge in [0.05, 0.1) is 11.4 Å². The highest BCUT2D eigenvalue weighted by Gasteiger charge is 2.15. The van der Waals surface area contributed by atoms with Crippen LogP contribution in [0.25, 0.3) is 101 Å². The Hall–Kier alpha value is -8.15. The van der Waals surface area contributed by atoms with E-state index in [0.29, 0.717) is 23.3 Å². The highest BCUT2D eigenvalue weighted by Crippen LogP contribution is 2.33. The first kappa shape index (κ1) is 36.2. The standard InChI is InChI=1S/C55H37N5/c1-5-15-38(16-6-1)46-23-13-24-47(35-46)39-27-31-44(32-28-39)52-56-50(41-17-7-2-8-18-41)37-51(57-52)49-26-14-25-48(36-49)40-29-33-45(34-30-40)55-59-53(42-19-9-3-10-20-42)58-54(60-55)43-21-11-4-12-22-43/h1-37H. The predicted molar refractivity (Wildman–Crippen MR) is 244 cm³/mol. The lowest BCUT2D eigenvalue weighted by molar-refractivity contribution is 1.07. The van der Waals surface area contributed by atoms with Crippen LogP contribution in [0.1, 0.15) is 0 Å². The molecule has 8 aromatic carbocycles. The first-order valence-corrected chi connectivity index (χ1v) is 20.0. The summed E-state index contributed by atoms with van der Waals surface area (Å²) in [7, 11) is 0. The maximum absolute atomic E-state index is 5.18. The zero-order chi connectivity index (χ0) is 40.1. The molecular weight excluding hydrogens is 731 g/mol. The molecule has 0 atom stereocenters. The second kappa shape index (κ2) is 16.4. The highest BCUT2D eigenvalue weighted by molar-refractivity contribution is 5.78. The fraction of sp³-hybridized carbons (Fsp3) is 0. The molecule has 0 fully saturated rings. The molecule has 0 N–H and O–H groups in total. The maximum Gasteiger partial charge on any atom is 0.164 e. The average Bonchev–Trinajstić information content (AvgIpc) is 3.35. The van der Waals surface area contributed by atoms with Crippen molar-refractivity contribution in [1.29, 1.82) is 0 Å². The monoisotopic (exact) mass is 767 g/mol. The summed E-state index contributed by atoms with van der Waals surface area (Å²) in [5.41, 5.74) is 14.3. The lowest BCUT2D eigenvalue weighted by Gasteiger charge is -2.12. The molecule has 10 aromatic rings. The molecule has 0 radical (unpaired) electrons. The second-order valence-corrected chi connectivity index (χ2v) is 14.5. The van der Waals surface area contributed by atoms with E-state index in [9.17, 15) is 0 Å². The third-order valence-corrected chi connectivity index (χ3v) is 10.6. The molecule has 60 heavy (non-hydrogen) atoms. The molecule has 0 bridgehead atoms. The van der Waals surface area contributed by atoms with E-state index in [-0.39, 0.29) is 0 Å². The maximum atomic E-state index is 5.18. The minimum absolute atomic E-state index is 0.624. The van der Waals surface area contributed by atoms with Crippen molar-refractivity contribution in [2.45, 2.75) is 0 Å². The summed E-state index contributed by atoms with van der Waals surface area (Å²) in [6, 6.07) is 77.1. The molecule has 0 saturated heterocycles. The van der Waals surface area contributed by atoms with Gasteiger partial charge in [-0.3, -0.25) is 0 Å². The molecule has 0 amide bonds. The molecular formula is C55H37N5. The minimum atomic E-state index is 0.624. The molecule has 0 aliphatic rings. The van der Waals surface area contributed by atoms with Gasteiger partial charge in [-0.05, 0) is 51.6 Å². The first-order valence-electron chi connectivity index (χ1n) is 20.0. The van der Waals surface area contributed by atoms with Crippen LogP contribution in [0.5, 0.6) is 0 Å². The van der Waals surface area contributed by atoms with E-state index in [0.717, 1.165) is 67.0 Å². The number of rotatable bonds is 9. The molecule has 5 nitrogen and oxygen atoms in total. The van der Waals surface area contributed by atoms with Crippen molar-refractivity contribution in [1.82, 2.24) is 24.9 Å². The van der Waals surface area contributed by atoms with E-state index < -0.39 is 0 Å². The van der Waals surface area contributed by atoms with Gasteiger partial charge in [0.1, 0.15) is 0 Å². The summed E-state index contributed by atoms with van der Waals surface area (Å²) < 4.78 is 0. The van der Waals surface area contributed by atoms with Gasteiger partial charge in [-0.1, -0.05) is 206 Å². The van der Waals surface area contributed by atoms with E-state index >= 15 is 0 Å². The SMILES string of the molecule is c1ccc(-c2cccc(-c3ccc(-c4nc(-c5ccccc5)cc(-c5cccc(-c6ccc(-c7nc(-c8ccccc8)nc(-c8ccccc8)n7)cc6)c5)n4)cc3)c2)cc1. The number of nitrogens with zero attached hydrogens (tertiary/aromatic N) is 5. The summed E-state index contributed by atoms with van der Waals surface area (Å²) >= 11 is 0. The first-order chi connectivity index (χ1) is 29.7. The lowest BCUT2D eigenvalue weighted by Crippen LogP contribution is -2.00. The largest absolute Gasteiger partial charge is 0.228 e. The molecule has 0 aliphatic heterocycles. The minimum Gasteiger partial charge on any atom is -0.228 e. The van der Waals surface area contributed by atoms with E-state index in [1.807, 2.05) is 84.9 Å². The van der Waals surface area contributed by atoms with Crippen LogP contribution in [-0.4, -0.2) is 24.9 Å². The van der Waals surface area contributed by atoms with Crippen LogP contribution in [0.4, 0.5) is 0 Å². The molecule has 0 unspecified atom stereocenters. The summed E-state index contributed by atoms with van der Waals surface area (Å²) in [5.74, 6) is 2.58. The van der Waals surface area contributed by atoms with Crippen molar-refractivity contribution in [2.75, 3.05) is 0 Å². The Morgan fingerprint density at radius 3 is 0.867 bits per heavy atom. The van der Waals surface area contributed by atoms with Gasteiger partial charge in [-0.15, -0.1) is 0 Å². The summed E-state index contributed by atoms with van der Waals surface area (Å²) in [6.07, 6.45) is 0. The van der Waals surface area contributed by atoms with Crippen LogP contribution in [0.15, 0.2) is 224 Å². The van der Waals surface area contributed by atoms with E-state index in [1.165, 1.54) is 11.1 Å². The average molecular weight is 768 g/mol. The predicted octanol–water partition coefficient (Wildman–Crippen LogP) is 13.7. The van der Waals surface area contributed by atoms with E-state index in [2.05, 4.69) is 140 Å². The van der Waals surface area contributed by atoms with Crippen molar-refractivity contribution in [3.05, 3.63) is 224 Å². The van der Waals surface area contributed by atoms with Crippen molar-refractivity contribution >= 4 is 0 Å². The number of benzene rings is 8. The quantitative estimate of drug-likeness (QED) is 0.146. The van der Waals surface area contributed by atoms with Crippen molar-refractivity contribution in [3.63, 3.8) is 0 Å². The second-order valence-electron chi connectivity index (χ2n) is 14.5. The van der Waals surface area contributed by atoms with Gasteiger partial charge in [0.25, 0.3) is 0 Å². The van der Waals surface area contributed by atoms with Crippen LogP contribution in [0.2, 0.25) is 0 Å². The van der Waals surface area contributed by atoms with Gasteiger partial charge in [0, 0.05) is 33.4 Å². The van der Waals surface area contributed by atoms with Gasteiger partial charge in [-0.2, -0.15) is 0 Å². The Morgan fingerprint density at radius 2 is 0.433 bits per heavy atom. The number of hydrogen-bond acceptors (Lipinski definition) is 5. The molecule has 282 valence electrons. The topological polar surface area (TPSA) is 64.5 Å². The third kappa shape index (κ3) is 7.76. The van der Waals surface area contributed by atoms with Crippen LogP contribution in [-0.2, 0) is 0 Å². The lowest BCUT2D eigenvalue weighted by atomic mass is 9.98. The zero-order valence-corrected chi connectivity index (χ0v) is 32.6. The summed E-state index contributed by atoms with van der Waals surface area (Å²) in [6.45, 7) is 0. The van der Waals surface area contributed by atoms with E-state index in [1.54, 1.807) is 0 Å². The van der Waals surface area contributed by atoms with Crippen molar-refractivity contribution < 1.29 is 0 Å². The molecule has 2 aromatic heterocycles. The Morgan fingerprint density at radius 1 is 0.167 bits per heavy atom. The van der Waals surface area contributed by atoms with Gasteiger partial charge < -0.3 is 0 Å².